The topological polar surface area (TPSA) is 58.3 Å². The lowest BCUT2D eigenvalue weighted by molar-refractivity contribution is 0.474. The van der Waals surface area contributed by atoms with E-state index in [1.54, 1.807) is 35.0 Å². The maximum atomic E-state index is 9.85. The van der Waals surface area contributed by atoms with Crippen molar-refractivity contribution in [1.82, 2.24) is 9.78 Å². The standard InChI is InChI=1S/C19H14N2O2/c22-15-8-4-7-14(11-15)21-18-10-9-16(23)12-17(18)19(20-21)13-5-2-1-3-6-13/h1-12,22-23H. The van der Waals surface area contributed by atoms with E-state index in [0.717, 1.165) is 27.8 Å². The lowest BCUT2D eigenvalue weighted by Gasteiger charge is -2.03. The summed E-state index contributed by atoms with van der Waals surface area (Å²) in [6.07, 6.45) is 0. The minimum atomic E-state index is 0.186. The van der Waals surface area contributed by atoms with Crippen LogP contribution in [0.1, 0.15) is 0 Å². The van der Waals surface area contributed by atoms with Gasteiger partial charge < -0.3 is 10.2 Å². The first-order valence-electron chi connectivity index (χ1n) is 7.29. The summed E-state index contributed by atoms with van der Waals surface area (Å²) in [4.78, 5) is 0. The number of phenolic OH excluding ortho intramolecular Hbond substituents is 2. The fourth-order valence-electron chi connectivity index (χ4n) is 2.74. The van der Waals surface area contributed by atoms with E-state index in [-0.39, 0.29) is 11.5 Å². The fraction of sp³-hybridized carbons (Fsp3) is 0. The number of benzene rings is 3. The Balaban J connectivity index is 2.03. The van der Waals surface area contributed by atoms with Crippen molar-refractivity contribution < 1.29 is 10.2 Å². The predicted octanol–water partition coefficient (Wildman–Crippen LogP) is 4.10. The number of aromatic nitrogens is 2. The summed E-state index contributed by atoms with van der Waals surface area (Å²) in [5.41, 5.74) is 3.40. The molecule has 1 heterocycles. The Kier molecular flexibility index (Phi) is 3.01. The Morgan fingerprint density at radius 1 is 0.739 bits per heavy atom. The molecule has 4 nitrogen and oxygen atoms in total. The van der Waals surface area contributed by atoms with Gasteiger partial charge in [0.25, 0.3) is 0 Å². The van der Waals surface area contributed by atoms with Crippen molar-refractivity contribution in [3.63, 3.8) is 0 Å². The van der Waals surface area contributed by atoms with Crippen LogP contribution in [0.15, 0.2) is 72.8 Å². The summed E-state index contributed by atoms with van der Waals surface area (Å²) in [5.74, 6) is 0.385. The fourth-order valence-corrected chi connectivity index (χ4v) is 2.74. The van der Waals surface area contributed by atoms with Gasteiger partial charge >= 0.3 is 0 Å². The molecule has 0 saturated carbocycles. The Hall–Kier alpha value is -3.27. The minimum Gasteiger partial charge on any atom is -0.508 e. The van der Waals surface area contributed by atoms with Crippen LogP contribution in [-0.4, -0.2) is 20.0 Å². The molecule has 0 aliphatic carbocycles. The zero-order valence-electron chi connectivity index (χ0n) is 12.2. The minimum absolute atomic E-state index is 0.186. The van der Waals surface area contributed by atoms with Crippen LogP contribution in [0.4, 0.5) is 0 Å². The number of phenols is 2. The van der Waals surface area contributed by atoms with Crippen molar-refractivity contribution in [2.24, 2.45) is 0 Å². The second-order valence-electron chi connectivity index (χ2n) is 5.35. The zero-order valence-corrected chi connectivity index (χ0v) is 12.2. The highest BCUT2D eigenvalue weighted by Crippen LogP contribution is 2.32. The summed E-state index contributed by atoms with van der Waals surface area (Å²) < 4.78 is 1.77. The molecule has 0 aliphatic heterocycles. The van der Waals surface area contributed by atoms with Crippen LogP contribution in [0.2, 0.25) is 0 Å². The second-order valence-corrected chi connectivity index (χ2v) is 5.35. The highest BCUT2D eigenvalue weighted by Gasteiger charge is 2.14. The molecule has 1 aromatic heterocycles. The van der Waals surface area contributed by atoms with E-state index in [0.29, 0.717) is 0 Å². The third-order valence-electron chi connectivity index (χ3n) is 3.78. The van der Waals surface area contributed by atoms with Crippen LogP contribution >= 0.6 is 0 Å². The van der Waals surface area contributed by atoms with Gasteiger partial charge in [-0.3, -0.25) is 0 Å². The van der Waals surface area contributed by atoms with Gasteiger partial charge in [-0.25, -0.2) is 4.68 Å². The quantitative estimate of drug-likeness (QED) is 0.586. The molecule has 4 aromatic rings. The number of rotatable bonds is 2. The van der Waals surface area contributed by atoms with Crippen molar-refractivity contribution in [1.29, 1.82) is 0 Å². The van der Waals surface area contributed by atoms with Crippen molar-refractivity contribution in [3.05, 3.63) is 72.8 Å². The monoisotopic (exact) mass is 302 g/mol. The van der Waals surface area contributed by atoms with Crippen LogP contribution in [0.5, 0.6) is 11.5 Å². The summed E-state index contributed by atoms with van der Waals surface area (Å²) in [6.45, 7) is 0. The van der Waals surface area contributed by atoms with Crippen LogP contribution in [0, 0.1) is 0 Å². The number of hydrogen-bond donors (Lipinski definition) is 2. The molecule has 23 heavy (non-hydrogen) atoms. The predicted molar refractivity (Wildman–Crippen MR) is 89.8 cm³/mol. The van der Waals surface area contributed by atoms with E-state index >= 15 is 0 Å². The van der Waals surface area contributed by atoms with Crippen molar-refractivity contribution in [2.75, 3.05) is 0 Å². The largest absolute Gasteiger partial charge is 0.508 e. The summed E-state index contributed by atoms with van der Waals surface area (Å²) in [6, 6.07) is 22.0. The molecular weight excluding hydrogens is 288 g/mol. The molecule has 0 fully saturated rings. The number of fused-ring (bicyclic) bond motifs is 1. The Labute approximate surface area is 132 Å². The Bertz CT molecular complexity index is 991. The molecule has 0 aliphatic rings. The summed E-state index contributed by atoms with van der Waals surface area (Å²) in [5, 5.41) is 25.1. The highest BCUT2D eigenvalue weighted by molar-refractivity contribution is 5.95. The molecule has 0 amide bonds. The van der Waals surface area contributed by atoms with Crippen LogP contribution in [-0.2, 0) is 0 Å². The van der Waals surface area contributed by atoms with Gasteiger partial charge in [0.05, 0.1) is 11.2 Å². The van der Waals surface area contributed by atoms with Gasteiger partial charge in [0, 0.05) is 17.0 Å². The third kappa shape index (κ3) is 2.30. The smallest absolute Gasteiger partial charge is 0.117 e. The Morgan fingerprint density at radius 3 is 2.30 bits per heavy atom. The molecule has 112 valence electrons. The molecule has 2 N–H and O–H groups in total. The Morgan fingerprint density at radius 2 is 1.52 bits per heavy atom. The molecule has 4 heteroatoms. The summed E-state index contributed by atoms with van der Waals surface area (Å²) >= 11 is 0. The first kappa shape index (κ1) is 13.4. The van der Waals surface area contributed by atoms with Crippen LogP contribution in [0.3, 0.4) is 0 Å². The van der Waals surface area contributed by atoms with Gasteiger partial charge in [-0.1, -0.05) is 36.4 Å². The lowest BCUT2D eigenvalue weighted by Crippen LogP contribution is -1.95. The average Bonchev–Trinajstić information content (AvgIpc) is 2.94. The van der Waals surface area contributed by atoms with Gasteiger partial charge in [0.2, 0.25) is 0 Å². The molecule has 0 unspecified atom stereocenters. The normalized spacial score (nSPS) is 11.0. The van der Waals surface area contributed by atoms with E-state index in [9.17, 15) is 10.2 Å². The van der Waals surface area contributed by atoms with E-state index < -0.39 is 0 Å². The molecule has 0 spiro atoms. The molecule has 3 aromatic carbocycles. The second kappa shape index (κ2) is 5.18. The van der Waals surface area contributed by atoms with Crippen LogP contribution in [0.25, 0.3) is 27.8 Å². The summed E-state index contributed by atoms with van der Waals surface area (Å²) in [7, 11) is 0. The van der Waals surface area contributed by atoms with E-state index in [1.807, 2.05) is 42.5 Å². The zero-order chi connectivity index (χ0) is 15.8. The van der Waals surface area contributed by atoms with Gasteiger partial charge in [-0.05, 0) is 30.3 Å². The van der Waals surface area contributed by atoms with Gasteiger partial charge in [-0.15, -0.1) is 0 Å². The maximum absolute atomic E-state index is 9.85. The molecule has 4 rings (SSSR count). The van der Waals surface area contributed by atoms with Crippen molar-refractivity contribution >= 4 is 10.9 Å². The van der Waals surface area contributed by atoms with E-state index in [1.165, 1.54) is 0 Å². The number of aromatic hydroxyl groups is 2. The van der Waals surface area contributed by atoms with E-state index in [2.05, 4.69) is 0 Å². The lowest BCUT2D eigenvalue weighted by atomic mass is 10.1. The molecule has 0 bridgehead atoms. The van der Waals surface area contributed by atoms with Gasteiger partial charge in [0.1, 0.15) is 17.2 Å². The highest BCUT2D eigenvalue weighted by atomic mass is 16.3. The van der Waals surface area contributed by atoms with Crippen molar-refractivity contribution in [3.8, 4) is 28.4 Å². The van der Waals surface area contributed by atoms with E-state index in [4.69, 9.17) is 5.10 Å². The van der Waals surface area contributed by atoms with Gasteiger partial charge in [-0.2, -0.15) is 5.10 Å². The van der Waals surface area contributed by atoms with Crippen molar-refractivity contribution in [2.45, 2.75) is 0 Å². The van der Waals surface area contributed by atoms with Gasteiger partial charge in [0.15, 0.2) is 0 Å². The molecule has 0 atom stereocenters. The number of nitrogens with zero attached hydrogens (tertiary/aromatic N) is 2. The third-order valence-corrected chi connectivity index (χ3v) is 3.78. The first-order chi connectivity index (χ1) is 11.2. The first-order valence-corrected chi connectivity index (χ1v) is 7.29. The maximum Gasteiger partial charge on any atom is 0.117 e. The average molecular weight is 302 g/mol. The SMILES string of the molecule is Oc1cccc(-n2nc(-c3ccccc3)c3cc(O)ccc32)c1. The van der Waals surface area contributed by atoms with Crippen LogP contribution < -0.4 is 0 Å². The number of hydrogen-bond acceptors (Lipinski definition) is 3. The molecule has 0 radical (unpaired) electrons. The molecule has 0 saturated heterocycles. The molecular formula is C19H14N2O2.